The van der Waals surface area contributed by atoms with Gasteiger partial charge in [-0.2, -0.15) is 0 Å². The lowest BCUT2D eigenvalue weighted by Gasteiger charge is -2.37. The Labute approximate surface area is 128 Å². The first-order valence-corrected chi connectivity index (χ1v) is 7.98. The van der Waals surface area contributed by atoms with Crippen molar-refractivity contribution in [1.29, 1.82) is 0 Å². The second kappa shape index (κ2) is 7.07. The molecular formula is C16H28N4O. The van der Waals surface area contributed by atoms with Gasteiger partial charge in [-0.15, -0.1) is 0 Å². The Morgan fingerprint density at radius 2 is 1.95 bits per heavy atom. The van der Waals surface area contributed by atoms with E-state index in [-0.39, 0.29) is 0 Å². The van der Waals surface area contributed by atoms with E-state index in [0.717, 1.165) is 37.1 Å². The monoisotopic (exact) mass is 292 g/mol. The Hall–Kier alpha value is -1.36. The summed E-state index contributed by atoms with van der Waals surface area (Å²) in [5.74, 6) is 2.67. The Kier molecular flexibility index (Phi) is 5.39. The lowest BCUT2D eigenvalue weighted by atomic mass is 9.83. The number of anilines is 2. The fraction of sp³-hybridized carbons (Fsp3) is 0.750. The Morgan fingerprint density at radius 1 is 1.24 bits per heavy atom. The first-order chi connectivity index (χ1) is 10.0. The zero-order valence-corrected chi connectivity index (χ0v) is 13.8. The van der Waals surface area contributed by atoms with Crippen LogP contribution in [0.5, 0.6) is 0 Å². The third-order valence-corrected chi connectivity index (χ3v) is 3.99. The third kappa shape index (κ3) is 4.56. The SMILES string of the molecule is CCNc1cc(N2CCC(C)(C)CC2)nc(COCC)n1. The number of ether oxygens (including phenoxy) is 1. The molecule has 0 spiro atoms. The molecule has 118 valence electrons. The molecule has 1 N–H and O–H groups in total. The maximum absolute atomic E-state index is 5.46. The number of nitrogens with one attached hydrogen (secondary N) is 1. The maximum atomic E-state index is 5.46. The summed E-state index contributed by atoms with van der Waals surface area (Å²) in [6.07, 6.45) is 2.41. The van der Waals surface area contributed by atoms with Crippen LogP contribution in [0, 0.1) is 5.41 Å². The third-order valence-electron chi connectivity index (χ3n) is 3.99. The van der Waals surface area contributed by atoms with Crippen LogP contribution in [0.3, 0.4) is 0 Å². The highest BCUT2D eigenvalue weighted by atomic mass is 16.5. The predicted molar refractivity (Wildman–Crippen MR) is 86.8 cm³/mol. The molecule has 0 aromatic carbocycles. The van der Waals surface area contributed by atoms with Crippen molar-refractivity contribution < 1.29 is 4.74 Å². The van der Waals surface area contributed by atoms with Gasteiger partial charge in [-0.25, -0.2) is 9.97 Å². The zero-order valence-electron chi connectivity index (χ0n) is 13.8. The molecule has 1 aliphatic heterocycles. The lowest BCUT2D eigenvalue weighted by Crippen LogP contribution is -2.38. The number of rotatable bonds is 6. The average Bonchev–Trinajstić information content (AvgIpc) is 2.45. The zero-order chi connectivity index (χ0) is 15.3. The maximum Gasteiger partial charge on any atom is 0.158 e. The lowest BCUT2D eigenvalue weighted by molar-refractivity contribution is 0.128. The standard InChI is InChI=1S/C16H28N4O/c1-5-17-13-11-15(19-14(18-13)12-21-6-2)20-9-7-16(3,4)8-10-20/h11H,5-10,12H2,1-4H3,(H,17,18,19). The minimum atomic E-state index is 0.447. The number of hydrogen-bond acceptors (Lipinski definition) is 5. The molecule has 0 radical (unpaired) electrons. The van der Waals surface area contributed by atoms with Crippen LogP contribution >= 0.6 is 0 Å². The van der Waals surface area contributed by atoms with Gasteiger partial charge in [-0.3, -0.25) is 0 Å². The molecule has 0 aliphatic carbocycles. The van der Waals surface area contributed by atoms with Crippen molar-refractivity contribution in [3.05, 3.63) is 11.9 Å². The van der Waals surface area contributed by atoms with Crippen LogP contribution in [0.1, 0.15) is 46.4 Å². The van der Waals surface area contributed by atoms with Gasteiger partial charge in [0.15, 0.2) is 5.82 Å². The fourth-order valence-electron chi connectivity index (χ4n) is 2.52. The van der Waals surface area contributed by atoms with Crippen molar-refractivity contribution in [2.75, 3.05) is 36.5 Å². The summed E-state index contributed by atoms with van der Waals surface area (Å²) in [5, 5.41) is 3.29. The van der Waals surface area contributed by atoms with Crippen LogP contribution in [0.25, 0.3) is 0 Å². The summed E-state index contributed by atoms with van der Waals surface area (Å²) >= 11 is 0. The van der Waals surface area contributed by atoms with Crippen LogP contribution in [-0.2, 0) is 11.3 Å². The van der Waals surface area contributed by atoms with E-state index in [9.17, 15) is 0 Å². The fourth-order valence-corrected chi connectivity index (χ4v) is 2.52. The molecule has 5 nitrogen and oxygen atoms in total. The number of piperidine rings is 1. The second-order valence-corrected chi connectivity index (χ2v) is 6.35. The van der Waals surface area contributed by atoms with E-state index in [0.29, 0.717) is 18.6 Å². The van der Waals surface area contributed by atoms with Crippen LogP contribution in [0.15, 0.2) is 6.07 Å². The minimum Gasteiger partial charge on any atom is -0.374 e. The van der Waals surface area contributed by atoms with Gasteiger partial charge in [0.2, 0.25) is 0 Å². The summed E-state index contributed by atoms with van der Waals surface area (Å²) in [6, 6.07) is 2.05. The van der Waals surface area contributed by atoms with Gasteiger partial charge in [-0.05, 0) is 32.1 Å². The molecule has 21 heavy (non-hydrogen) atoms. The van der Waals surface area contributed by atoms with Crippen molar-refractivity contribution in [3.8, 4) is 0 Å². The second-order valence-electron chi connectivity index (χ2n) is 6.35. The predicted octanol–water partition coefficient (Wildman–Crippen LogP) is 3.07. The van der Waals surface area contributed by atoms with E-state index in [2.05, 4.69) is 47.0 Å². The largest absolute Gasteiger partial charge is 0.374 e. The van der Waals surface area contributed by atoms with Gasteiger partial charge in [0.25, 0.3) is 0 Å². The first-order valence-electron chi connectivity index (χ1n) is 7.98. The van der Waals surface area contributed by atoms with Gasteiger partial charge in [0, 0.05) is 32.3 Å². The summed E-state index contributed by atoms with van der Waals surface area (Å²) < 4.78 is 5.46. The molecule has 1 aliphatic rings. The van der Waals surface area contributed by atoms with E-state index in [1.165, 1.54) is 12.8 Å². The molecule has 0 unspecified atom stereocenters. The highest BCUT2D eigenvalue weighted by molar-refractivity contribution is 5.49. The molecule has 0 saturated carbocycles. The normalized spacial score (nSPS) is 17.8. The molecule has 5 heteroatoms. The van der Waals surface area contributed by atoms with Crippen LogP contribution in [0.4, 0.5) is 11.6 Å². The Balaban J connectivity index is 2.15. The molecular weight excluding hydrogens is 264 g/mol. The van der Waals surface area contributed by atoms with Crippen LogP contribution < -0.4 is 10.2 Å². The number of aromatic nitrogens is 2. The van der Waals surface area contributed by atoms with Crippen molar-refractivity contribution in [2.24, 2.45) is 5.41 Å². The number of hydrogen-bond donors (Lipinski definition) is 1. The highest BCUT2D eigenvalue weighted by Gasteiger charge is 2.26. The van der Waals surface area contributed by atoms with Crippen molar-refractivity contribution in [2.45, 2.75) is 47.1 Å². The van der Waals surface area contributed by atoms with E-state index >= 15 is 0 Å². The Bertz CT molecular complexity index is 452. The highest BCUT2D eigenvalue weighted by Crippen LogP contribution is 2.32. The first kappa shape index (κ1) is 16.0. The van der Waals surface area contributed by atoms with Gasteiger partial charge in [-0.1, -0.05) is 13.8 Å². The molecule has 1 fully saturated rings. The topological polar surface area (TPSA) is 50.3 Å². The molecule has 1 aromatic heterocycles. The van der Waals surface area contributed by atoms with E-state index in [1.807, 2.05) is 6.92 Å². The van der Waals surface area contributed by atoms with Crippen molar-refractivity contribution >= 4 is 11.6 Å². The number of nitrogens with zero attached hydrogens (tertiary/aromatic N) is 3. The summed E-state index contributed by atoms with van der Waals surface area (Å²) in [4.78, 5) is 11.5. The Morgan fingerprint density at radius 3 is 2.57 bits per heavy atom. The van der Waals surface area contributed by atoms with Crippen LogP contribution in [0.2, 0.25) is 0 Å². The quantitative estimate of drug-likeness (QED) is 0.873. The van der Waals surface area contributed by atoms with E-state index in [1.54, 1.807) is 0 Å². The van der Waals surface area contributed by atoms with Crippen LogP contribution in [-0.4, -0.2) is 36.2 Å². The van der Waals surface area contributed by atoms with Gasteiger partial charge < -0.3 is 15.0 Å². The minimum absolute atomic E-state index is 0.447. The smallest absolute Gasteiger partial charge is 0.158 e. The van der Waals surface area contributed by atoms with E-state index in [4.69, 9.17) is 4.74 Å². The van der Waals surface area contributed by atoms with Gasteiger partial charge in [0.05, 0.1) is 0 Å². The van der Waals surface area contributed by atoms with Gasteiger partial charge >= 0.3 is 0 Å². The van der Waals surface area contributed by atoms with Crippen molar-refractivity contribution in [3.63, 3.8) is 0 Å². The molecule has 2 heterocycles. The summed E-state index contributed by atoms with van der Waals surface area (Å²) in [7, 11) is 0. The molecule has 0 atom stereocenters. The summed E-state index contributed by atoms with van der Waals surface area (Å²) in [5.41, 5.74) is 0.447. The molecule has 0 amide bonds. The molecule has 0 bridgehead atoms. The van der Waals surface area contributed by atoms with Gasteiger partial charge in [0.1, 0.15) is 18.2 Å². The molecule has 1 aromatic rings. The molecule has 2 rings (SSSR count). The average molecular weight is 292 g/mol. The van der Waals surface area contributed by atoms with Crippen molar-refractivity contribution in [1.82, 2.24) is 9.97 Å². The summed E-state index contributed by atoms with van der Waals surface area (Å²) in [6.45, 7) is 12.9. The van der Waals surface area contributed by atoms with E-state index < -0.39 is 0 Å². The molecule has 1 saturated heterocycles.